The Hall–Kier alpha value is -0.680. The highest BCUT2D eigenvalue weighted by molar-refractivity contribution is 6.31. The van der Waals surface area contributed by atoms with E-state index in [0.29, 0.717) is 11.6 Å². The molecule has 2 atom stereocenters. The number of benzene rings is 1. The molecule has 1 aliphatic heterocycles. The van der Waals surface area contributed by atoms with Gasteiger partial charge >= 0.3 is 0 Å². The first-order chi connectivity index (χ1) is 6.68. The van der Waals surface area contributed by atoms with E-state index < -0.39 is 0 Å². The first-order valence-corrected chi connectivity index (χ1v) is 4.75. The first kappa shape index (κ1) is 9.86. The molecule has 1 aromatic rings. The number of nitrogens with two attached hydrogens (primary N) is 1. The number of halogens is 2. The Morgan fingerprint density at radius 2 is 2.29 bits per heavy atom. The topological polar surface area (TPSA) is 50.1 Å². The Morgan fingerprint density at radius 3 is 2.86 bits per heavy atom. The molecule has 0 spiro atoms. The van der Waals surface area contributed by atoms with E-state index in [0.717, 1.165) is 5.56 Å². The van der Waals surface area contributed by atoms with Gasteiger partial charge in [-0.3, -0.25) is 5.43 Å². The Balaban J connectivity index is 2.31. The van der Waals surface area contributed by atoms with Crippen LogP contribution in [-0.2, 0) is 0 Å². The molecule has 2 unspecified atom stereocenters. The maximum atomic E-state index is 12.8. The van der Waals surface area contributed by atoms with E-state index in [1.54, 1.807) is 6.07 Å². The van der Waals surface area contributed by atoms with Crippen LogP contribution in [0.1, 0.15) is 11.6 Å². The van der Waals surface area contributed by atoms with Gasteiger partial charge in [0.2, 0.25) is 0 Å². The van der Waals surface area contributed by atoms with Gasteiger partial charge < -0.3 is 5.73 Å². The van der Waals surface area contributed by atoms with Crippen LogP contribution in [0.4, 0.5) is 4.39 Å². The number of rotatable bonds is 1. The van der Waals surface area contributed by atoms with Crippen molar-refractivity contribution < 1.29 is 4.39 Å². The summed E-state index contributed by atoms with van der Waals surface area (Å²) in [6.45, 7) is 0.679. The van der Waals surface area contributed by atoms with Crippen LogP contribution < -0.4 is 16.6 Å². The predicted molar refractivity (Wildman–Crippen MR) is 53.3 cm³/mol. The second-order valence-electron chi connectivity index (χ2n) is 3.33. The zero-order valence-electron chi connectivity index (χ0n) is 7.43. The van der Waals surface area contributed by atoms with Crippen LogP contribution in [0.5, 0.6) is 0 Å². The summed E-state index contributed by atoms with van der Waals surface area (Å²) >= 11 is 5.91. The molecule has 0 aromatic heterocycles. The average molecular weight is 216 g/mol. The fourth-order valence-corrected chi connectivity index (χ4v) is 1.86. The molecule has 1 aromatic carbocycles. The highest BCUT2D eigenvalue weighted by atomic mass is 35.5. The average Bonchev–Trinajstić information content (AvgIpc) is 2.52. The summed E-state index contributed by atoms with van der Waals surface area (Å²) in [5.74, 6) is -0.335. The molecule has 14 heavy (non-hydrogen) atoms. The van der Waals surface area contributed by atoms with Gasteiger partial charge in [-0.25, -0.2) is 9.82 Å². The minimum absolute atomic E-state index is 0.0436. The Bertz CT molecular complexity index is 345. The maximum absolute atomic E-state index is 12.8. The van der Waals surface area contributed by atoms with Gasteiger partial charge in [0, 0.05) is 17.6 Å². The second-order valence-corrected chi connectivity index (χ2v) is 3.74. The van der Waals surface area contributed by atoms with Crippen molar-refractivity contribution in [3.63, 3.8) is 0 Å². The van der Waals surface area contributed by atoms with Gasteiger partial charge in [-0.05, 0) is 17.7 Å². The molecule has 1 heterocycles. The zero-order valence-corrected chi connectivity index (χ0v) is 8.18. The van der Waals surface area contributed by atoms with Gasteiger partial charge in [0.15, 0.2) is 0 Å². The summed E-state index contributed by atoms with van der Waals surface area (Å²) in [7, 11) is 0. The largest absolute Gasteiger partial charge is 0.325 e. The lowest BCUT2D eigenvalue weighted by molar-refractivity contribution is 0.549. The van der Waals surface area contributed by atoms with E-state index in [9.17, 15) is 4.39 Å². The summed E-state index contributed by atoms with van der Waals surface area (Å²) in [5.41, 5.74) is 12.6. The number of nitrogens with one attached hydrogen (secondary N) is 2. The van der Waals surface area contributed by atoms with E-state index in [4.69, 9.17) is 17.3 Å². The van der Waals surface area contributed by atoms with Crippen molar-refractivity contribution in [1.29, 1.82) is 0 Å². The molecular weight excluding hydrogens is 205 g/mol. The van der Waals surface area contributed by atoms with Crippen LogP contribution in [0, 0.1) is 5.82 Å². The van der Waals surface area contributed by atoms with Crippen LogP contribution >= 0.6 is 11.6 Å². The smallest absolute Gasteiger partial charge is 0.124 e. The molecule has 0 aliphatic carbocycles. The molecule has 2 rings (SSSR count). The summed E-state index contributed by atoms with van der Waals surface area (Å²) in [6, 6.07) is 4.24. The Labute approximate surface area is 86.4 Å². The maximum Gasteiger partial charge on any atom is 0.124 e. The minimum Gasteiger partial charge on any atom is -0.325 e. The van der Waals surface area contributed by atoms with E-state index in [1.807, 2.05) is 0 Å². The summed E-state index contributed by atoms with van der Waals surface area (Å²) in [4.78, 5) is 0. The van der Waals surface area contributed by atoms with Crippen molar-refractivity contribution in [2.75, 3.05) is 6.54 Å². The van der Waals surface area contributed by atoms with Crippen molar-refractivity contribution in [2.45, 2.75) is 12.1 Å². The molecule has 0 bridgehead atoms. The molecule has 76 valence electrons. The van der Waals surface area contributed by atoms with E-state index >= 15 is 0 Å². The van der Waals surface area contributed by atoms with E-state index in [-0.39, 0.29) is 17.9 Å². The first-order valence-electron chi connectivity index (χ1n) is 4.37. The second kappa shape index (κ2) is 3.82. The van der Waals surface area contributed by atoms with Crippen LogP contribution in [0.3, 0.4) is 0 Å². The number of hydrazine groups is 1. The molecule has 1 fully saturated rings. The van der Waals surface area contributed by atoms with E-state index in [1.165, 1.54) is 12.1 Å². The van der Waals surface area contributed by atoms with Crippen LogP contribution in [-0.4, -0.2) is 12.6 Å². The third kappa shape index (κ3) is 1.74. The normalized spacial score (nSPS) is 26.8. The van der Waals surface area contributed by atoms with Gasteiger partial charge in [0.05, 0.1) is 6.04 Å². The molecule has 0 saturated carbocycles. The molecular formula is C9H11ClFN3. The van der Waals surface area contributed by atoms with Crippen LogP contribution in [0.25, 0.3) is 0 Å². The quantitative estimate of drug-likeness (QED) is 0.654. The lowest BCUT2D eigenvalue weighted by Gasteiger charge is -2.16. The highest BCUT2D eigenvalue weighted by Crippen LogP contribution is 2.26. The predicted octanol–water partition coefficient (Wildman–Crippen LogP) is 0.955. The van der Waals surface area contributed by atoms with E-state index in [2.05, 4.69) is 10.9 Å². The Kier molecular flexibility index (Phi) is 2.69. The van der Waals surface area contributed by atoms with Crippen molar-refractivity contribution >= 4 is 11.6 Å². The van der Waals surface area contributed by atoms with Gasteiger partial charge in [-0.15, -0.1) is 0 Å². The fraction of sp³-hybridized carbons (Fsp3) is 0.333. The molecule has 4 N–H and O–H groups in total. The summed E-state index contributed by atoms with van der Waals surface area (Å²) in [5, 5.41) is 0.404. The lowest BCUT2D eigenvalue weighted by atomic mass is 10.0. The van der Waals surface area contributed by atoms with Gasteiger partial charge in [-0.1, -0.05) is 17.7 Å². The monoisotopic (exact) mass is 215 g/mol. The minimum atomic E-state index is -0.335. The van der Waals surface area contributed by atoms with Gasteiger partial charge in [-0.2, -0.15) is 0 Å². The highest BCUT2D eigenvalue weighted by Gasteiger charge is 2.26. The van der Waals surface area contributed by atoms with Crippen molar-refractivity contribution in [1.82, 2.24) is 10.9 Å². The van der Waals surface area contributed by atoms with Crippen LogP contribution in [0.2, 0.25) is 5.02 Å². The molecule has 0 amide bonds. The molecule has 1 aliphatic rings. The fourth-order valence-electron chi connectivity index (χ4n) is 1.57. The van der Waals surface area contributed by atoms with Crippen molar-refractivity contribution in [3.8, 4) is 0 Å². The van der Waals surface area contributed by atoms with Gasteiger partial charge in [0.1, 0.15) is 5.82 Å². The molecule has 5 heteroatoms. The van der Waals surface area contributed by atoms with Crippen LogP contribution in [0.15, 0.2) is 18.2 Å². The summed E-state index contributed by atoms with van der Waals surface area (Å²) in [6.07, 6.45) is 0. The Morgan fingerprint density at radius 1 is 1.50 bits per heavy atom. The van der Waals surface area contributed by atoms with Crippen molar-refractivity contribution in [3.05, 3.63) is 34.6 Å². The van der Waals surface area contributed by atoms with Crippen molar-refractivity contribution in [2.24, 2.45) is 5.73 Å². The number of hydrogen-bond acceptors (Lipinski definition) is 3. The third-order valence-electron chi connectivity index (χ3n) is 2.32. The lowest BCUT2D eigenvalue weighted by Crippen LogP contribution is -2.30. The molecule has 0 radical (unpaired) electrons. The van der Waals surface area contributed by atoms with Gasteiger partial charge in [0.25, 0.3) is 0 Å². The molecule has 3 nitrogen and oxygen atoms in total. The number of hydrogen-bond donors (Lipinski definition) is 3. The molecule has 1 saturated heterocycles. The third-order valence-corrected chi connectivity index (χ3v) is 2.65. The SMILES string of the molecule is NC1CNNC1c1ccc(F)cc1Cl. The zero-order chi connectivity index (χ0) is 10.1. The summed E-state index contributed by atoms with van der Waals surface area (Å²) < 4.78 is 12.8. The standard InChI is InChI=1S/C9H11ClFN3/c10-7-3-5(11)1-2-6(7)9-8(12)4-13-14-9/h1-3,8-9,13-14H,4,12H2.